The monoisotopic (exact) mass is 267 g/mol. The van der Waals surface area contributed by atoms with Crippen LogP contribution in [0.15, 0.2) is 0 Å². The van der Waals surface area contributed by atoms with Gasteiger partial charge in [-0.25, -0.2) is 0 Å². The summed E-state index contributed by atoms with van der Waals surface area (Å²) in [5.74, 6) is 0.721. The molecule has 0 radical (unpaired) electrons. The Morgan fingerprint density at radius 2 is 1.53 bits per heavy atom. The maximum absolute atomic E-state index is 8.60. The summed E-state index contributed by atoms with van der Waals surface area (Å²) >= 11 is 0. The molecule has 1 saturated heterocycles. The Morgan fingerprint density at radius 3 is 2.00 bits per heavy atom. The second-order valence-electron chi connectivity index (χ2n) is 7.00. The van der Waals surface area contributed by atoms with Crippen molar-refractivity contribution in [2.75, 3.05) is 40.3 Å². The summed E-state index contributed by atoms with van der Waals surface area (Å²) in [6.07, 6.45) is 4.28. The normalized spacial score (nSPS) is 27.3. The number of rotatable bonds is 2. The van der Waals surface area contributed by atoms with Crippen molar-refractivity contribution in [2.24, 2.45) is 5.41 Å². The molecule has 4 heteroatoms. The summed E-state index contributed by atoms with van der Waals surface area (Å²) in [6, 6.07) is 0. The molecule has 0 amide bonds. The second-order valence-corrected chi connectivity index (χ2v) is 7.00. The van der Waals surface area contributed by atoms with Crippen LogP contribution >= 0.6 is 0 Å². The molecule has 2 aliphatic rings. The minimum absolute atomic E-state index is 0.328. The standard InChI is InChI=1S/C15H29N3O/c1-14(2)5-7-15(19-4,8-6-14)13(16)18-11-9-17(3)10-12-18/h16H,5-12H2,1-4H3. The van der Waals surface area contributed by atoms with Crippen molar-refractivity contribution in [1.29, 1.82) is 5.41 Å². The fourth-order valence-corrected chi connectivity index (χ4v) is 3.19. The van der Waals surface area contributed by atoms with Crippen LogP contribution in [-0.4, -0.2) is 61.6 Å². The number of nitrogens with zero attached hydrogens (tertiary/aromatic N) is 2. The zero-order valence-electron chi connectivity index (χ0n) is 13.0. The average Bonchev–Trinajstić information content (AvgIpc) is 2.40. The molecule has 0 atom stereocenters. The van der Waals surface area contributed by atoms with Gasteiger partial charge in [0.05, 0.1) is 0 Å². The predicted octanol–water partition coefficient (Wildman–Crippen LogP) is 2.20. The fourth-order valence-electron chi connectivity index (χ4n) is 3.19. The van der Waals surface area contributed by atoms with E-state index in [2.05, 4.69) is 30.7 Å². The minimum atomic E-state index is -0.328. The van der Waals surface area contributed by atoms with Crippen molar-refractivity contribution in [3.63, 3.8) is 0 Å². The highest BCUT2D eigenvalue weighted by Gasteiger charge is 2.44. The molecule has 1 aliphatic carbocycles. The number of amidine groups is 1. The lowest BCUT2D eigenvalue weighted by Gasteiger charge is -2.46. The van der Waals surface area contributed by atoms with Crippen molar-refractivity contribution in [3.05, 3.63) is 0 Å². The summed E-state index contributed by atoms with van der Waals surface area (Å²) in [7, 11) is 3.93. The van der Waals surface area contributed by atoms with Gasteiger partial charge in [-0.05, 0) is 38.1 Å². The Bertz CT molecular complexity index is 322. The molecule has 0 bridgehead atoms. The van der Waals surface area contributed by atoms with Gasteiger partial charge in [-0.15, -0.1) is 0 Å². The van der Waals surface area contributed by atoms with E-state index in [1.165, 1.54) is 0 Å². The first-order valence-corrected chi connectivity index (χ1v) is 7.46. The third-order valence-corrected chi connectivity index (χ3v) is 5.05. The van der Waals surface area contributed by atoms with Crippen LogP contribution in [0.25, 0.3) is 0 Å². The van der Waals surface area contributed by atoms with Crippen molar-refractivity contribution < 1.29 is 4.74 Å². The number of piperazine rings is 1. The molecule has 0 unspecified atom stereocenters. The molecule has 0 aromatic carbocycles. The van der Waals surface area contributed by atoms with E-state index in [-0.39, 0.29) is 5.60 Å². The maximum atomic E-state index is 8.60. The first-order chi connectivity index (χ1) is 8.88. The molecule has 0 spiro atoms. The number of ether oxygens (including phenoxy) is 1. The fraction of sp³-hybridized carbons (Fsp3) is 0.933. The van der Waals surface area contributed by atoms with Crippen LogP contribution in [0.1, 0.15) is 39.5 Å². The number of likely N-dealkylation sites (N-methyl/N-ethyl adjacent to an activating group) is 1. The molecule has 4 nitrogen and oxygen atoms in total. The van der Waals surface area contributed by atoms with Crippen LogP contribution < -0.4 is 0 Å². The van der Waals surface area contributed by atoms with E-state index in [1.807, 2.05) is 0 Å². The van der Waals surface area contributed by atoms with Crippen LogP contribution in [0.2, 0.25) is 0 Å². The lowest BCUT2D eigenvalue weighted by molar-refractivity contribution is -0.0192. The third-order valence-electron chi connectivity index (χ3n) is 5.05. The quantitative estimate of drug-likeness (QED) is 0.616. The highest BCUT2D eigenvalue weighted by atomic mass is 16.5. The first-order valence-electron chi connectivity index (χ1n) is 7.46. The zero-order valence-corrected chi connectivity index (χ0v) is 13.0. The molecule has 2 fully saturated rings. The number of hydrogen-bond donors (Lipinski definition) is 1. The highest BCUT2D eigenvalue weighted by Crippen LogP contribution is 2.42. The predicted molar refractivity (Wildman–Crippen MR) is 78.8 cm³/mol. The summed E-state index contributed by atoms with van der Waals surface area (Å²) in [5.41, 5.74) is 0.0792. The van der Waals surface area contributed by atoms with E-state index in [0.29, 0.717) is 5.41 Å². The van der Waals surface area contributed by atoms with Gasteiger partial charge in [0.1, 0.15) is 11.4 Å². The average molecular weight is 267 g/mol. The van der Waals surface area contributed by atoms with Gasteiger partial charge < -0.3 is 14.5 Å². The second kappa shape index (κ2) is 5.41. The molecular weight excluding hydrogens is 238 g/mol. The van der Waals surface area contributed by atoms with Gasteiger partial charge in [0.15, 0.2) is 0 Å². The molecule has 1 N–H and O–H groups in total. The Kier molecular flexibility index (Phi) is 4.21. The minimum Gasteiger partial charge on any atom is -0.370 e. The maximum Gasteiger partial charge on any atom is 0.129 e. The third kappa shape index (κ3) is 3.11. The topological polar surface area (TPSA) is 39.6 Å². The van der Waals surface area contributed by atoms with Crippen LogP contribution in [0.3, 0.4) is 0 Å². The van der Waals surface area contributed by atoms with Crippen molar-refractivity contribution in [1.82, 2.24) is 9.80 Å². The van der Waals surface area contributed by atoms with Gasteiger partial charge in [-0.2, -0.15) is 0 Å². The molecule has 0 aromatic heterocycles. The number of hydrogen-bond acceptors (Lipinski definition) is 3. The van der Waals surface area contributed by atoms with Gasteiger partial charge in [0, 0.05) is 33.3 Å². The molecule has 2 rings (SSSR count). The molecule has 19 heavy (non-hydrogen) atoms. The first kappa shape index (κ1) is 14.8. The number of nitrogens with one attached hydrogen (secondary N) is 1. The summed E-state index contributed by atoms with van der Waals surface area (Å²) in [4.78, 5) is 4.55. The van der Waals surface area contributed by atoms with E-state index in [0.717, 1.165) is 57.7 Å². The van der Waals surface area contributed by atoms with Crippen LogP contribution in [0, 0.1) is 10.8 Å². The number of methoxy groups -OCH3 is 1. The van der Waals surface area contributed by atoms with E-state index in [1.54, 1.807) is 7.11 Å². The summed E-state index contributed by atoms with van der Waals surface area (Å²) in [5, 5.41) is 8.60. The van der Waals surface area contributed by atoms with Crippen LogP contribution in [0.4, 0.5) is 0 Å². The van der Waals surface area contributed by atoms with Gasteiger partial charge in [0.2, 0.25) is 0 Å². The lowest BCUT2D eigenvalue weighted by Crippen LogP contribution is -2.57. The summed E-state index contributed by atoms with van der Waals surface area (Å²) in [6.45, 7) is 8.67. The van der Waals surface area contributed by atoms with Crippen LogP contribution in [-0.2, 0) is 4.74 Å². The Balaban J connectivity index is 2.03. The lowest BCUT2D eigenvalue weighted by atomic mass is 9.70. The van der Waals surface area contributed by atoms with Crippen molar-refractivity contribution >= 4 is 5.84 Å². The largest absolute Gasteiger partial charge is 0.370 e. The Morgan fingerprint density at radius 1 is 1.00 bits per heavy atom. The Labute approximate surface area is 117 Å². The molecule has 1 saturated carbocycles. The highest BCUT2D eigenvalue weighted by molar-refractivity contribution is 5.88. The molecule has 1 aliphatic heterocycles. The zero-order chi connectivity index (χ0) is 14.1. The smallest absolute Gasteiger partial charge is 0.129 e. The van der Waals surface area contributed by atoms with E-state index in [4.69, 9.17) is 10.1 Å². The van der Waals surface area contributed by atoms with Crippen molar-refractivity contribution in [2.45, 2.75) is 45.1 Å². The van der Waals surface area contributed by atoms with Gasteiger partial charge in [0.25, 0.3) is 0 Å². The molecular formula is C15H29N3O. The SMILES string of the molecule is COC1(C(=N)N2CCN(C)CC2)CCC(C)(C)CC1. The van der Waals surface area contributed by atoms with E-state index in [9.17, 15) is 0 Å². The van der Waals surface area contributed by atoms with E-state index >= 15 is 0 Å². The summed E-state index contributed by atoms with van der Waals surface area (Å²) < 4.78 is 5.83. The van der Waals surface area contributed by atoms with E-state index < -0.39 is 0 Å². The van der Waals surface area contributed by atoms with Gasteiger partial charge >= 0.3 is 0 Å². The molecule has 110 valence electrons. The van der Waals surface area contributed by atoms with Crippen molar-refractivity contribution in [3.8, 4) is 0 Å². The van der Waals surface area contributed by atoms with Gasteiger partial charge in [-0.3, -0.25) is 5.41 Å². The molecule has 0 aromatic rings. The molecule has 1 heterocycles. The Hall–Kier alpha value is -0.610. The van der Waals surface area contributed by atoms with Gasteiger partial charge in [-0.1, -0.05) is 13.8 Å². The van der Waals surface area contributed by atoms with Crippen LogP contribution in [0.5, 0.6) is 0 Å².